The fraction of sp³-hybridized carbons (Fsp3) is 0.0667. The lowest BCUT2D eigenvalue weighted by molar-refractivity contribution is 0.368. The average Bonchev–Trinajstić information content (AvgIpc) is 2.69. The first-order chi connectivity index (χ1) is 9.95. The van der Waals surface area contributed by atoms with E-state index in [0.29, 0.717) is 16.9 Å². The van der Waals surface area contributed by atoms with Crippen LogP contribution < -0.4 is 4.74 Å². The van der Waals surface area contributed by atoms with Crippen LogP contribution >= 0.6 is 0 Å². The largest absolute Gasteiger partial charge is 0.508 e. The highest BCUT2D eigenvalue weighted by molar-refractivity contribution is 7.95. The van der Waals surface area contributed by atoms with E-state index in [0.717, 1.165) is 11.5 Å². The number of hydrogen-bond acceptors (Lipinski definition) is 4. The Morgan fingerprint density at radius 2 is 1.81 bits per heavy atom. The summed E-state index contributed by atoms with van der Waals surface area (Å²) in [4.78, 5) is 0.0909. The third kappa shape index (κ3) is 2.62. The van der Waals surface area contributed by atoms with Crippen LogP contribution in [0, 0.1) is 5.82 Å². The molecule has 0 aromatic heterocycles. The number of benzene rings is 2. The molecule has 1 N–H and O–H groups in total. The maximum absolute atomic E-state index is 13.3. The molecule has 108 valence electrons. The summed E-state index contributed by atoms with van der Waals surface area (Å²) in [7, 11) is -3.53. The molecule has 0 radical (unpaired) electrons. The van der Waals surface area contributed by atoms with Crippen LogP contribution in [-0.4, -0.2) is 20.1 Å². The normalized spacial score (nSPS) is 15.4. The lowest BCUT2D eigenvalue weighted by Gasteiger charge is -2.08. The van der Waals surface area contributed by atoms with Crippen LogP contribution in [-0.2, 0) is 9.84 Å². The Kier molecular flexibility index (Phi) is 3.17. The van der Waals surface area contributed by atoms with Crippen molar-refractivity contribution in [2.45, 2.75) is 4.90 Å². The molecule has 0 bridgehead atoms. The van der Waals surface area contributed by atoms with Crippen LogP contribution in [0.5, 0.6) is 11.5 Å². The lowest BCUT2D eigenvalue weighted by atomic mass is 10.1. The van der Waals surface area contributed by atoms with Gasteiger partial charge in [0.2, 0.25) is 9.84 Å². The number of rotatable bonds is 3. The quantitative estimate of drug-likeness (QED) is 0.886. The number of fused-ring (bicyclic) bond motifs is 1. The molecule has 4 nitrogen and oxygen atoms in total. The third-order valence-electron chi connectivity index (χ3n) is 3.12. The van der Waals surface area contributed by atoms with Gasteiger partial charge in [0.25, 0.3) is 0 Å². The molecule has 0 saturated heterocycles. The minimum Gasteiger partial charge on any atom is -0.508 e. The molecule has 6 heteroatoms. The second-order valence-electron chi connectivity index (χ2n) is 4.61. The van der Waals surface area contributed by atoms with Crippen molar-refractivity contribution in [1.29, 1.82) is 0 Å². The Labute approximate surface area is 121 Å². The molecule has 0 spiro atoms. The van der Waals surface area contributed by atoms with E-state index in [-0.39, 0.29) is 17.3 Å². The maximum Gasteiger partial charge on any atom is 0.200 e. The zero-order chi connectivity index (χ0) is 15.0. The summed E-state index contributed by atoms with van der Waals surface area (Å²) in [6, 6.07) is 9.60. The Morgan fingerprint density at radius 3 is 2.52 bits per heavy atom. The molecule has 2 aromatic carbocycles. The van der Waals surface area contributed by atoms with E-state index >= 15 is 0 Å². The van der Waals surface area contributed by atoms with Crippen molar-refractivity contribution in [3.8, 4) is 11.5 Å². The standard InChI is InChI=1S/C15H11FO4S/c16-11-1-6-15-14(7-11)10(9-21(15,18)19)8-20-13-4-2-12(17)3-5-13/h1-7,9,17H,8H2. The predicted octanol–water partition coefficient (Wildman–Crippen LogP) is 2.74. The van der Waals surface area contributed by atoms with Gasteiger partial charge in [-0.3, -0.25) is 0 Å². The van der Waals surface area contributed by atoms with Gasteiger partial charge in [0.15, 0.2) is 0 Å². The fourth-order valence-corrected chi connectivity index (χ4v) is 3.58. The number of halogens is 1. The third-order valence-corrected chi connectivity index (χ3v) is 4.69. The van der Waals surface area contributed by atoms with Crippen molar-refractivity contribution in [1.82, 2.24) is 0 Å². The highest BCUT2D eigenvalue weighted by Crippen LogP contribution is 2.34. The van der Waals surface area contributed by atoms with Gasteiger partial charge in [-0.2, -0.15) is 0 Å². The van der Waals surface area contributed by atoms with Gasteiger partial charge < -0.3 is 9.84 Å². The molecule has 1 heterocycles. The Morgan fingerprint density at radius 1 is 1.10 bits per heavy atom. The van der Waals surface area contributed by atoms with Crippen molar-refractivity contribution in [3.05, 3.63) is 59.3 Å². The summed E-state index contributed by atoms with van der Waals surface area (Å²) >= 11 is 0. The van der Waals surface area contributed by atoms with E-state index < -0.39 is 15.7 Å². The van der Waals surface area contributed by atoms with Gasteiger partial charge in [-0.25, -0.2) is 12.8 Å². The number of aromatic hydroxyl groups is 1. The summed E-state index contributed by atoms with van der Waals surface area (Å²) in [6.45, 7) is 0.000455. The van der Waals surface area contributed by atoms with Crippen LogP contribution in [0.4, 0.5) is 4.39 Å². The van der Waals surface area contributed by atoms with E-state index in [2.05, 4.69) is 0 Å². The maximum atomic E-state index is 13.3. The molecule has 2 aromatic rings. The molecule has 1 aliphatic heterocycles. The van der Waals surface area contributed by atoms with E-state index in [1.165, 1.54) is 24.3 Å². The molecule has 0 saturated carbocycles. The molecule has 21 heavy (non-hydrogen) atoms. The summed E-state index contributed by atoms with van der Waals surface area (Å²) < 4.78 is 42.7. The molecule has 0 fully saturated rings. The molecule has 0 aliphatic carbocycles. The molecule has 0 unspecified atom stereocenters. The van der Waals surface area contributed by atoms with Crippen LogP contribution in [0.25, 0.3) is 5.57 Å². The molecule has 1 aliphatic rings. The van der Waals surface area contributed by atoms with Crippen LogP contribution in [0.1, 0.15) is 5.56 Å². The minimum absolute atomic E-state index is 0.000455. The van der Waals surface area contributed by atoms with Crippen LogP contribution in [0.15, 0.2) is 52.8 Å². The number of sulfone groups is 1. The monoisotopic (exact) mass is 306 g/mol. The van der Waals surface area contributed by atoms with Gasteiger partial charge in [-0.05, 0) is 42.5 Å². The number of phenolic OH excluding ortho intramolecular Hbond substituents is 1. The van der Waals surface area contributed by atoms with Crippen LogP contribution in [0.3, 0.4) is 0 Å². The predicted molar refractivity (Wildman–Crippen MR) is 75.2 cm³/mol. The molecular formula is C15H11FO4S. The first-order valence-corrected chi connectivity index (χ1v) is 7.68. The van der Waals surface area contributed by atoms with Gasteiger partial charge in [0.05, 0.1) is 4.90 Å². The molecule has 3 rings (SSSR count). The Balaban J connectivity index is 1.87. The first kappa shape index (κ1) is 13.6. The van der Waals surface area contributed by atoms with E-state index in [1.54, 1.807) is 12.1 Å². The van der Waals surface area contributed by atoms with Gasteiger partial charge in [0.1, 0.15) is 23.9 Å². The van der Waals surface area contributed by atoms with Gasteiger partial charge in [0, 0.05) is 16.5 Å². The summed E-state index contributed by atoms with van der Waals surface area (Å²) in [5, 5.41) is 10.3. The highest BCUT2D eigenvalue weighted by atomic mass is 32.2. The number of ether oxygens (including phenoxy) is 1. The van der Waals surface area contributed by atoms with Crippen LogP contribution in [0.2, 0.25) is 0 Å². The summed E-state index contributed by atoms with van der Waals surface area (Å²) in [6.07, 6.45) is 0. The van der Waals surface area contributed by atoms with Crippen molar-refractivity contribution < 1.29 is 22.7 Å². The highest BCUT2D eigenvalue weighted by Gasteiger charge is 2.27. The van der Waals surface area contributed by atoms with Crippen molar-refractivity contribution in [2.24, 2.45) is 0 Å². The lowest BCUT2D eigenvalue weighted by Crippen LogP contribution is -1.99. The summed E-state index contributed by atoms with van der Waals surface area (Å²) in [5.74, 6) is 0.0924. The van der Waals surface area contributed by atoms with Crippen molar-refractivity contribution in [2.75, 3.05) is 6.61 Å². The average molecular weight is 306 g/mol. The van der Waals surface area contributed by atoms with Gasteiger partial charge in [-0.1, -0.05) is 0 Å². The van der Waals surface area contributed by atoms with E-state index in [9.17, 15) is 17.9 Å². The molecule has 0 amide bonds. The SMILES string of the molecule is O=S1(=O)C=C(COc2ccc(O)cc2)c2cc(F)ccc21. The zero-order valence-electron chi connectivity index (χ0n) is 10.8. The molecular weight excluding hydrogens is 295 g/mol. The number of hydrogen-bond donors (Lipinski definition) is 1. The smallest absolute Gasteiger partial charge is 0.200 e. The molecule has 0 atom stereocenters. The zero-order valence-corrected chi connectivity index (χ0v) is 11.6. The number of phenols is 1. The second-order valence-corrected chi connectivity index (χ2v) is 6.38. The van der Waals surface area contributed by atoms with Gasteiger partial charge >= 0.3 is 0 Å². The van der Waals surface area contributed by atoms with Gasteiger partial charge in [-0.15, -0.1) is 0 Å². The van der Waals surface area contributed by atoms with Crippen molar-refractivity contribution in [3.63, 3.8) is 0 Å². The fourth-order valence-electron chi connectivity index (χ4n) is 2.13. The topological polar surface area (TPSA) is 63.6 Å². The first-order valence-electron chi connectivity index (χ1n) is 6.13. The Hall–Kier alpha value is -2.34. The van der Waals surface area contributed by atoms with E-state index in [4.69, 9.17) is 4.74 Å². The van der Waals surface area contributed by atoms with E-state index in [1.807, 2.05) is 0 Å². The Bertz CT molecular complexity index is 823. The minimum atomic E-state index is -3.53. The van der Waals surface area contributed by atoms with Crippen molar-refractivity contribution >= 4 is 15.4 Å². The second kappa shape index (κ2) is 4.89. The summed E-state index contributed by atoms with van der Waals surface area (Å²) in [5.41, 5.74) is 0.728.